The lowest BCUT2D eigenvalue weighted by Crippen LogP contribution is -1.97. The number of pyridine rings is 1. The fourth-order valence-corrected chi connectivity index (χ4v) is 2.20. The Labute approximate surface area is 113 Å². The third-order valence-electron chi connectivity index (χ3n) is 2.96. The van der Waals surface area contributed by atoms with E-state index in [9.17, 15) is 4.39 Å². The van der Waals surface area contributed by atoms with Crippen molar-refractivity contribution in [3.8, 4) is 11.3 Å². The summed E-state index contributed by atoms with van der Waals surface area (Å²) in [5.41, 5.74) is 7.01. The first-order valence-corrected chi connectivity index (χ1v) is 5.98. The van der Waals surface area contributed by atoms with E-state index >= 15 is 0 Å². The molecule has 6 heteroatoms. The van der Waals surface area contributed by atoms with Crippen LogP contribution in [0.2, 0.25) is 5.02 Å². The van der Waals surface area contributed by atoms with Crippen LogP contribution >= 0.6 is 11.6 Å². The van der Waals surface area contributed by atoms with E-state index in [2.05, 4.69) is 10.1 Å². The monoisotopic (exact) mass is 276 g/mol. The Hall–Kier alpha value is -2.14. The van der Waals surface area contributed by atoms with Gasteiger partial charge in [-0.1, -0.05) is 17.7 Å². The highest BCUT2D eigenvalue weighted by molar-refractivity contribution is 6.35. The molecule has 0 aliphatic carbocycles. The molecule has 96 valence electrons. The number of aryl methyl sites for hydroxylation is 1. The van der Waals surface area contributed by atoms with Crippen molar-refractivity contribution in [2.45, 2.75) is 0 Å². The average Bonchev–Trinajstić information content (AvgIpc) is 2.75. The molecule has 0 bridgehead atoms. The van der Waals surface area contributed by atoms with Crippen molar-refractivity contribution in [1.82, 2.24) is 14.8 Å². The van der Waals surface area contributed by atoms with E-state index in [0.717, 1.165) is 5.39 Å². The summed E-state index contributed by atoms with van der Waals surface area (Å²) in [5, 5.41) is 5.30. The van der Waals surface area contributed by atoms with Crippen molar-refractivity contribution in [1.29, 1.82) is 0 Å². The highest BCUT2D eigenvalue weighted by Crippen LogP contribution is 2.30. The highest BCUT2D eigenvalue weighted by Gasteiger charge is 2.13. The number of hydrogen-bond donors (Lipinski definition) is 1. The minimum absolute atomic E-state index is 0.0838. The normalized spacial score (nSPS) is 11.1. The molecule has 2 aromatic heterocycles. The van der Waals surface area contributed by atoms with Crippen LogP contribution in [0.1, 0.15) is 0 Å². The zero-order chi connectivity index (χ0) is 13.6. The summed E-state index contributed by atoms with van der Waals surface area (Å²) in [6.45, 7) is 0. The van der Waals surface area contributed by atoms with Crippen molar-refractivity contribution >= 4 is 28.3 Å². The predicted octanol–water partition coefficient (Wildman–Crippen LogP) is 3.01. The number of hydrogen-bond acceptors (Lipinski definition) is 3. The number of nitrogen functional groups attached to an aromatic ring is 1. The van der Waals surface area contributed by atoms with Gasteiger partial charge in [0, 0.05) is 12.6 Å². The molecule has 0 aliphatic rings. The van der Waals surface area contributed by atoms with E-state index in [1.54, 1.807) is 36.1 Å². The number of aromatic nitrogens is 3. The van der Waals surface area contributed by atoms with E-state index in [1.807, 2.05) is 0 Å². The van der Waals surface area contributed by atoms with E-state index in [-0.39, 0.29) is 5.69 Å². The minimum Gasteiger partial charge on any atom is -0.396 e. The third kappa shape index (κ3) is 1.82. The lowest BCUT2D eigenvalue weighted by Gasteiger charge is -2.06. The molecule has 0 saturated carbocycles. The van der Waals surface area contributed by atoms with Gasteiger partial charge in [-0.15, -0.1) is 0 Å². The molecule has 3 rings (SSSR count). The van der Waals surface area contributed by atoms with Crippen LogP contribution in [0, 0.1) is 5.82 Å². The van der Waals surface area contributed by atoms with Crippen molar-refractivity contribution in [3.63, 3.8) is 0 Å². The molecule has 2 heterocycles. The van der Waals surface area contributed by atoms with Crippen molar-refractivity contribution in [2.24, 2.45) is 7.05 Å². The summed E-state index contributed by atoms with van der Waals surface area (Å²) in [7, 11) is 1.76. The Morgan fingerprint density at radius 3 is 2.95 bits per heavy atom. The van der Waals surface area contributed by atoms with Gasteiger partial charge in [-0.3, -0.25) is 4.68 Å². The fourth-order valence-electron chi connectivity index (χ4n) is 1.96. The maximum atomic E-state index is 14.0. The van der Waals surface area contributed by atoms with Crippen LogP contribution in [0.25, 0.3) is 22.3 Å². The van der Waals surface area contributed by atoms with Gasteiger partial charge >= 0.3 is 0 Å². The molecule has 0 amide bonds. The molecule has 0 aliphatic heterocycles. The van der Waals surface area contributed by atoms with Crippen LogP contribution in [0.5, 0.6) is 0 Å². The maximum Gasteiger partial charge on any atom is 0.159 e. The van der Waals surface area contributed by atoms with Gasteiger partial charge in [0.15, 0.2) is 11.5 Å². The summed E-state index contributed by atoms with van der Waals surface area (Å²) in [5.74, 6) is -0.493. The SMILES string of the molecule is Cn1ncc2c(Cl)cc(-c3cccc(N)c3F)nc21. The van der Waals surface area contributed by atoms with E-state index in [1.165, 1.54) is 6.07 Å². The second-order valence-electron chi connectivity index (χ2n) is 4.20. The van der Waals surface area contributed by atoms with Gasteiger partial charge in [-0.25, -0.2) is 9.37 Å². The Morgan fingerprint density at radius 1 is 1.37 bits per heavy atom. The van der Waals surface area contributed by atoms with Crippen LogP contribution in [0.15, 0.2) is 30.5 Å². The Kier molecular flexibility index (Phi) is 2.64. The van der Waals surface area contributed by atoms with Crippen molar-refractivity contribution in [3.05, 3.63) is 41.3 Å². The summed E-state index contributed by atoms with van der Waals surface area (Å²) in [4.78, 5) is 4.39. The molecule has 0 fully saturated rings. The van der Waals surface area contributed by atoms with Gasteiger partial charge in [0.2, 0.25) is 0 Å². The highest BCUT2D eigenvalue weighted by atomic mass is 35.5. The number of rotatable bonds is 1. The molecule has 1 aromatic carbocycles. The topological polar surface area (TPSA) is 56.7 Å². The average molecular weight is 277 g/mol. The third-order valence-corrected chi connectivity index (χ3v) is 3.27. The molecule has 0 spiro atoms. The predicted molar refractivity (Wildman–Crippen MR) is 73.3 cm³/mol. The van der Waals surface area contributed by atoms with Crippen LogP contribution in [-0.2, 0) is 7.05 Å². The first-order valence-electron chi connectivity index (χ1n) is 5.60. The smallest absolute Gasteiger partial charge is 0.159 e. The van der Waals surface area contributed by atoms with E-state index < -0.39 is 5.82 Å². The second-order valence-corrected chi connectivity index (χ2v) is 4.61. The number of halogens is 2. The number of fused-ring (bicyclic) bond motifs is 1. The summed E-state index contributed by atoms with van der Waals surface area (Å²) < 4.78 is 15.6. The Balaban J connectivity index is 2.31. The molecule has 0 unspecified atom stereocenters. The Morgan fingerprint density at radius 2 is 2.16 bits per heavy atom. The van der Waals surface area contributed by atoms with E-state index in [4.69, 9.17) is 17.3 Å². The number of nitrogens with zero attached hydrogens (tertiary/aromatic N) is 3. The Bertz CT molecular complexity index is 782. The van der Waals surface area contributed by atoms with Crippen LogP contribution in [0.3, 0.4) is 0 Å². The molecule has 3 aromatic rings. The molecular formula is C13H10ClFN4. The first kappa shape index (κ1) is 11.9. The van der Waals surface area contributed by atoms with Crippen LogP contribution < -0.4 is 5.73 Å². The molecule has 19 heavy (non-hydrogen) atoms. The van der Waals surface area contributed by atoms with Crippen LogP contribution in [-0.4, -0.2) is 14.8 Å². The summed E-state index contributed by atoms with van der Waals surface area (Å²) >= 11 is 6.17. The number of anilines is 1. The molecule has 0 saturated heterocycles. The van der Waals surface area contributed by atoms with Gasteiger partial charge in [0.1, 0.15) is 0 Å². The molecule has 0 radical (unpaired) electrons. The lowest BCUT2D eigenvalue weighted by atomic mass is 10.1. The fraction of sp³-hybridized carbons (Fsp3) is 0.0769. The van der Waals surface area contributed by atoms with Gasteiger partial charge in [-0.05, 0) is 18.2 Å². The number of nitrogens with two attached hydrogens (primary N) is 1. The second kappa shape index (κ2) is 4.20. The van der Waals surface area contributed by atoms with Gasteiger partial charge < -0.3 is 5.73 Å². The van der Waals surface area contributed by atoms with Crippen molar-refractivity contribution < 1.29 is 4.39 Å². The number of benzene rings is 1. The van der Waals surface area contributed by atoms with Gasteiger partial charge in [-0.2, -0.15) is 5.10 Å². The molecular weight excluding hydrogens is 267 g/mol. The first-order chi connectivity index (χ1) is 9.08. The lowest BCUT2D eigenvalue weighted by molar-refractivity contribution is 0.635. The van der Waals surface area contributed by atoms with Gasteiger partial charge in [0.25, 0.3) is 0 Å². The quantitative estimate of drug-likeness (QED) is 0.695. The molecule has 2 N–H and O–H groups in total. The molecule has 0 atom stereocenters. The van der Waals surface area contributed by atoms with Crippen LogP contribution in [0.4, 0.5) is 10.1 Å². The largest absolute Gasteiger partial charge is 0.396 e. The zero-order valence-electron chi connectivity index (χ0n) is 10.1. The maximum absolute atomic E-state index is 14.0. The van der Waals surface area contributed by atoms with E-state index in [0.29, 0.717) is 21.9 Å². The van der Waals surface area contributed by atoms with Crippen molar-refractivity contribution in [2.75, 3.05) is 5.73 Å². The summed E-state index contributed by atoms with van der Waals surface area (Å²) in [6, 6.07) is 6.41. The minimum atomic E-state index is -0.493. The summed E-state index contributed by atoms with van der Waals surface area (Å²) in [6.07, 6.45) is 1.63. The molecule has 4 nitrogen and oxygen atoms in total. The van der Waals surface area contributed by atoms with Gasteiger partial charge in [0.05, 0.1) is 28.0 Å². The zero-order valence-corrected chi connectivity index (χ0v) is 10.8. The standard InChI is InChI=1S/C13H10ClFN4/c1-19-13-8(6-17-19)9(14)5-11(18-13)7-3-2-4-10(16)12(7)15/h2-6H,16H2,1H3.